The van der Waals surface area contributed by atoms with E-state index >= 15 is 0 Å². The number of hydrogen-bond acceptors (Lipinski definition) is 2. The molecular formula is C8H17NO. The first-order valence-electron chi connectivity index (χ1n) is 4.07. The first-order chi connectivity index (χ1) is 4.69. The molecule has 10 heavy (non-hydrogen) atoms. The highest BCUT2D eigenvalue weighted by Crippen LogP contribution is 2.34. The predicted molar refractivity (Wildman–Crippen MR) is 41.6 cm³/mol. The highest BCUT2D eigenvalue weighted by atomic mass is 16.3. The second-order valence-corrected chi connectivity index (χ2v) is 3.62. The van der Waals surface area contributed by atoms with E-state index in [0.717, 1.165) is 19.3 Å². The number of rotatable bonds is 1. The number of aliphatic hydroxyl groups excluding tert-OH is 1. The molecule has 1 rings (SSSR count). The van der Waals surface area contributed by atoms with Crippen LogP contribution >= 0.6 is 0 Å². The molecule has 60 valence electrons. The third-order valence-corrected chi connectivity index (χ3v) is 2.75. The minimum Gasteiger partial charge on any atom is -0.393 e. The Morgan fingerprint density at radius 1 is 1.60 bits per heavy atom. The average Bonchev–Trinajstić information content (AvgIpc) is 1.96. The normalized spacial score (nSPS) is 41.7. The van der Waals surface area contributed by atoms with Gasteiger partial charge in [-0.15, -0.1) is 0 Å². The fourth-order valence-electron chi connectivity index (χ4n) is 1.62. The lowest BCUT2D eigenvalue weighted by Crippen LogP contribution is -2.41. The summed E-state index contributed by atoms with van der Waals surface area (Å²) in [6, 6.07) is 0. The fraction of sp³-hybridized carbons (Fsp3) is 1.00. The van der Waals surface area contributed by atoms with Crippen molar-refractivity contribution in [3.05, 3.63) is 0 Å². The summed E-state index contributed by atoms with van der Waals surface area (Å²) in [5, 5.41) is 9.55. The predicted octanol–water partition coefficient (Wildman–Crippen LogP) is 0.886. The first-order valence-corrected chi connectivity index (χ1v) is 4.07. The van der Waals surface area contributed by atoms with Gasteiger partial charge in [0.2, 0.25) is 0 Å². The molecule has 0 aromatic carbocycles. The molecule has 2 heteroatoms. The quantitative estimate of drug-likeness (QED) is 0.572. The first kappa shape index (κ1) is 8.02. The van der Waals surface area contributed by atoms with Crippen molar-refractivity contribution >= 4 is 0 Å². The zero-order valence-corrected chi connectivity index (χ0v) is 6.64. The maximum atomic E-state index is 9.55. The Hall–Kier alpha value is -0.0800. The van der Waals surface area contributed by atoms with Crippen molar-refractivity contribution in [2.75, 3.05) is 6.54 Å². The van der Waals surface area contributed by atoms with Gasteiger partial charge in [-0.3, -0.25) is 0 Å². The van der Waals surface area contributed by atoms with E-state index in [-0.39, 0.29) is 11.5 Å². The molecule has 1 aliphatic carbocycles. The van der Waals surface area contributed by atoms with Crippen LogP contribution in [0.25, 0.3) is 0 Å². The van der Waals surface area contributed by atoms with Gasteiger partial charge in [-0.2, -0.15) is 0 Å². The summed E-state index contributed by atoms with van der Waals surface area (Å²) in [5.41, 5.74) is 5.58. The van der Waals surface area contributed by atoms with Gasteiger partial charge in [0.25, 0.3) is 0 Å². The molecule has 0 heterocycles. The van der Waals surface area contributed by atoms with Crippen LogP contribution in [0.2, 0.25) is 0 Å². The van der Waals surface area contributed by atoms with E-state index in [2.05, 4.69) is 6.92 Å². The van der Waals surface area contributed by atoms with E-state index in [4.69, 9.17) is 5.73 Å². The summed E-state index contributed by atoms with van der Waals surface area (Å²) in [6.07, 6.45) is 4.26. The summed E-state index contributed by atoms with van der Waals surface area (Å²) in [7, 11) is 0. The van der Waals surface area contributed by atoms with Crippen LogP contribution < -0.4 is 5.73 Å². The minimum atomic E-state index is -0.161. The lowest BCUT2D eigenvalue weighted by Gasteiger charge is -2.37. The molecule has 0 aromatic heterocycles. The van der Waals surface area contributed by atoms with Crippen molar-refractivity contribution < 1.29 is 5.11 Å². The van der Waals surface area contributed by atoms with Gasteiger partial charge in [0.15, 0.2) is 0 Å². The summed E-state index contributed by atoms with van der Waals surface area (Å²) in [5.74, 6) is 0. The Labute approximate surface area is 62.4 Å². The van der Waals surface area contributed by atoms with E-state index < -0.39 is 0 Å². The van der Waals surface area contributed by atoms with Crippen LogP contribution in [0.15, 0.2) is 0 Å². The van der Waals surface area contributed by atoms with Crippen molar-refractivity contribution in [3.8, 4) is 0 Å². The molecule has 0 saturated heterocycles. The van der Waals surface area contributed by atoms with E-state index in [9.17, 15) is 5.11 Å². The van der Waals surface area contributed by atoms with Crippen LogP contribution in [0.1, 0.15) is 32.6 Å². The Bertz CT molecular complexity index is 116. The third-order valence-electron chi connectivity index (χ3n) is 2.75. The second kappa shape index (κ2) is 2.89. The van der Waals surface area contributed by atoms with Crippen LogP contribution in [0, 0.1) is 5.41 Å². The zero-order chi connectivity index (χ0) is 7.61. The largest absolute Gasteiger partial charge is 0.393 e. The highest BCUT2D eigenvalue weighted by Gasteiger charge is 2.33. The summed E-state index contributed by atoms with van der Waals surface area (Å²) >= 11 is 0. The van der Waals surface area contributed by atoms with Crippen molar-refractivity contribution in [1.29, 1.82) is 0 Å². The summed E-state index contributed by atoms with van der Waals surface area (Å²) in [4.78, 5) is 0. The molecule has 0 amide bonds. The maximum Gasteiger partial charge on any atom is 0.0605 e. The molecular weight excluding hydrogens is 126 g/mol. The van der Waals surface area contributed by atoms with Crippen molar-refractivity contribution in [1.82, 2.24) is 0 Å². The van der Waals surface area contributed by atoms with Gasteiger partial charge >= 0.3 is 0 Å². The molecule has 0 aliphatic heterocycles. The van der Waals surface area contributed by atoms with Gasteiger partial charge in [0.05, 0.1) is 6.10 Å². The monoisotopic (exact) mass is 143 g/mol. The molecule has 2 nitrogen and oxygen atoms in total. The molecule has 0 bridgehead atoms. The SMILES string of the molecule is C[C@@]1(CN)CCCC[C@H]1O. The Morgan fingerprint density at radius 2 is 2.30 bits per heavy atom. The Morgan fingerprint density at radius 3 is 2.70 bits per heavy atom. The maximum absolute atomic E-state index is 9.55. The molecule has 1 saturated carbocycles. The van der Waals surface area contributed by atoms with Crippen LogP contribution in [0.3, 0.4) is 0 Å². The van der Waals surface area contributed by atoms with Gasteiger partial charge in [-0.1, -0.05) is 19.8 Å². The third kappa shape index (κ3) is 1.32. The molecule has 0 aromatic rings. The average molecular weight is 143 g/mol. The number of hydrogen-bond donors (Lipinski definition) is 2. The van der Waals surface area contributed by atoms with E-state index in [0.29, 0.717) is 6.54 Å². The van der Waals surface area contributed by atoms with Gasteiger partial charge in [-0.05, 0) is 12.8 Å². The lowest BCUT2D eigenvalue weighted by atomic mass is 9.73. The number of aliphatic hydroxyl groups is 1. The molecule has 0 spiro atoms. The van der Waals surface area contributed by atoms with E-state index in [1.165, 1.54) is 6.42 Å². The van der Waals surface area contributed by atoms with Crippen LogP contribution in [0.5, 0.6) is 0 Å². The van der Waals surface area contributed by atoms with Crippen LogP contribution in [-0.2, 0) is 0 Å². The second-order valence-electron chi connectivity index (χ2n) is 3.62. The zero-order valence-electron chi connectivity index (χ0n) is 6.64. The molecule has 0 unspecified atom stereocenters. The highest BCUT2D eigenvalue weighted by molar-refractivity contribution is 4.86. The van der Waals surface area contributed by atoms with Crippen molar-refractivity contribution in [3.63, 3.8) is 0 Å². The van der Waals surface area contributed by atoms with Gasteiger partial charge < -0.3 is 10.8 Å². The molecule has 2 atom stereocenters. The molecule has 1 aliphatic rings. The minimum absolute atomic E-state index is 0.0122. The van der Waals surface area contributed by atoms with Gasteiger partial charge in [0.1, 0.15) is 0 Å². The smallest absolute Gasteiger partial charge is 0.0605 e. The van der Waals surface area contributed by atoms with Gasteiger partial charge in [0, 0.05) is 12.0 Å². The fourth-order valence-corrected chi connectivity index (χ4v) is 1.62. The summed E-state index contributed by atoms with van der Waals surface area (Å²) in [6.45, 7) is 2.70. The molecule has 1 fully saturated rings. The standard InChI is InChI=1S/C8H17NO/c1-8(6-9)5-3-2-4-7(8)10/h7,10H,2-6,9H2,1H3/t7-,8+/m1/s1. The van der Waals surface area contributed by atoms with Crippen LogP contribution in [-0.4, -0.2) is 17.8 Å². The van der Waals surface area contributed by atoms with Crippen LogP contribution in [0.4, 0.5) is 0 Å². The van der Waals surface area contributed by atoms with E-state index in [1.54, 1.807) is 0 Å². The Balaban J connectivity index is 2.54. The summed E-state index contributed by atoms with van der Waals surface area (Å²) < 4.78 is 0. The molecule has 3 N–H and O–H groups in total. The van der Waals surface area contributed by atoms with Gasteiger partial charge in [-0.25, -0.2) is 0 Å². The Kier molecular flexibility index (Phi) is 2.32. The lowest BCUT2D eigenvalue weighted by molar-refractivity contribution is 0.00690. The molecule has 0 radical (unpaired) electrons. The van der Waals surface area contributed by atoms with E-state index in [1.807, 2.05) is 0 Å². The topological polar surface area (TPSA) is 46.2 Å². The van der Waals surface area contributed by atoms with Crippen molar-refractivity contribution in [2.24, 2.45) is 11.1 Å². The number of nitrogens with two attached hydrogens (primary N) is 1. The van der Waals surface area contributed by atoms with Crippen molar-refractivity contribution in [2.45, 2.75) is 38.7 Å².